The van der Waals surface area contributed by atoms with Gasteiger partial charge in [0.15, 0.2) is 0 Å². The van der Waals surface area contributed by atoms with Gasteiger partial charge in [0.05, 0.1) is 0 Å². The summed E-state index contributed by atoms with van der Waals surface area (Å²) in [5, 5.41) is 0. The van der Waals surface area contributed by atoms with Crippen LogP contribution in [0.15, 0.2) is 11.6 Å². The van der Waals surface area contributed by atoms with Crippen LogP contribution in [0.3, 0.4) is 0 Å². The maximum atomic E-state index is 2.55. The second kappa shape index (κ2) is 5.00. The Balaban J connectivity index is 2.66. The Morgan fingerprint density at radius 2 is 1.93 bits per heavy atom. The lowest BCUT2D eigenvalue weighted by Crippen LogP contribution is -2.21. The average molecular weight is 194 g/mol. The first-order valence-electron chi connectivity index (χ1n) is 6.24. The van der Waals surface area contributed by atoms with Crippen molar-refractivity contribution in [2.24, 2.45) is 23.7 Å². The van der Waals surface area contributed by atoms with Crippen molar-refractivity contribution in [2.75, 3.05) is 0 Å². The van der Waals surface area contributed by atoms with E-state index in [-0.39, 0.29) is 0 Å². The maximum Gasteiger partial charge on any atom is -0.0180 e. The van der Waals surface area contributed by atoms with E-state index in [0.717, 1.165) is 23.7 Å². The Bertz CT molecular complexity index is 200. The molecule has 14 heavy (non-hydrogen) atoms. The first-order valence-corrected chi connectivity index (χ1v) is 6.24. The SMILES string of the molecule is CCC(C)C1CCC(C(C)C)C=C1C. The molecule has 0 aromatic heterocycles. The van der Waals surface area contributed by atoms with Gasteiger partial charge < -0.3 is 0 Å². The molecule has 3 atom stereocenters. The van der Waals surface area contributed by atoms with Crippen LogP contribution in [0.1, 0.15) is 53.9 Å². The van der Waals surface area contributed by atoms with Crippen LogP contribution in [0.2, 0.25) is 0 Å². The van der Waals surface area contributed by atoms with Crippen LogP contribution in [-0.4, -0.2) is 0 Å². The zero-order valence-electron chi connectivity index (χ0n) is 10.5. The molecule has 0 heterocycles. The quantitative estimate of drug-likeness (QED) is 0.573. The monoisotopic (exact) mass is 194 g/mol. The molecular formula is C14H26. The first-order chi connectivity index (χ1) is 6.56. The summed E-state index contributed by atoms with van der Waals surface area (Å²) in [6.07, 6.45) is 6.69. The van der Waals surface area contributed by atoms with Crippen molar-refractivity contribution in [2.45, 2.75) is 53.9 Å². The minimum atomic E-state index is 0.822. The number of allylic oxidation sites excluding steroid dienone is 2. The van der Waals surface area contributed by atoms with E-state index < -0.39 is 0 Å². The van der Waals surface area contributed by atoms with Crippen molar-refractivity contribution >= 4 is 0 Å². The normalized spacial score (nSPS) is 30.3. The van der Waals surface area contributed by atoms with Gasteiger partial charge in [0.25, 0.3) is 0 Å². The van der Waals surface area contributed by atoms with Crippen molar-refractivity contribution < 1.29 is 0 Å². The minimum absolute atomic E-state index is 0.822. The highest BCUT2D eigenvalue weighted by Gasteiger charge is 2.25. The fourth-order valence-corrected chi connectivity index (χ4v) is 2.69. The Morgan fingerprint density at radius 1 is 1.29 bits per heavy atom. The molecule has 1 aliphatic rings. The van der Waals surface area contributed by atoms with E-state index in [9.17, 15) is 0 Å². The lowest BCUT2D eigenvalue weighted by molar-refractivity contribution is 0.299. The molecule has 82 valence electrons. The van der Waals surface area contributed by atoms with E-state index in [2.05, 4.69) is 40.7 Å². The van der Waals surface area contributed by atoms with E-state index >= 15 is 0 Å². The molecule has 0 saturated carbocycles. The molecule has 0 fully saturated rings. The number of hydrogen-bond donors (Lipinski definition) is 0. The van der Waals surface area contributed by atoms with Gasteiger partial charge in [-0.3, -0.25) is 0 Å². The predicted octanol–water partition coefficient (Wildman–Crippen LogP) is 4.66. The van der Waals surface area contributed by atoms with Gasteiger partial charge in [-0.15, -0.1) is 0 Å². The van der Waals surface area contributed by atoms with Gasteiger partial charge >= 0.3 is 0 Å². The molecule has 3 unspecified atom stereocenters. The fraction of sp³-hybridized carbons (Fsp3) is 0.857. The van der Waals surface area contributed by atoms with Crippen molar-refractivity contribution in [3.63, 3.8) is 0 Å². The lowest BCUT2D eigenvalue weighted by Gasteiger charge is -2.32. The van der Waals surface area contributed by atoms with Crippen LogP contribution in [0.25, 0.3) is 0 Å². The summed E-state index contributed by atoms with van der Waals surface area (Å²) in [4.78, 5) is 0. The van der Waals surface area contributed by atoms with Gasteiger partial charge in [-0.2, -0.15) is 0 Å². The van der Waals surface area contributed by atoms with Crippen LogP contribution < -0.4 is 0 Å². The molecule has 0 aliphatic heterocycles. The Labute approximate surface area is 89.8 Å². The van der Waals surface area contributed by atoms with Gasteiger partial charge in [0.1, 0.15) is 0 Å². The molecule has 0 N–H and O–H groups in total. The summed E-state index contributed by atoms with van der Waals surface area (Å²) >= 11 is 0. The molecule has 0 heteroatoms. The van der Waals surface area contributed by atoms with Crippen molar-refractivity contribution in [1.29, 1.82) is 0 Å². The van der Waals surface area contributed by atoms with Crippen LogP contribution in [0.4, 0.5) is 0 Å². The first kappa shape index (κ1) is 11.8. The highest BCUT2D eigenvalue weighted by atomic mass is 14.3. The van der Waals surface area contributed by atoms with Crippen molar-refractivity contribution in [3.05, 3.63) is 11.6 Å². The standard InChI is InChI=1S/C14H26/c1-6-11(4)14-8-7-13(10(2)3)9-12(14)5/h9-11,13-14H,6-8H2,1-5H3. The number of hydrogen-bond acceptors (Lipinski definition) is 0. The lowest BCUT2D eigenvalue weighted by atomic mass is 9.73. The highest BCUT2D eigenvalue weighted by Crippen LogP contribution is 2.36. The van der Waals surface area contributed by atoms with Crippen LogP contribution in [0, 0.1) is 23.7 Å². The second-order valence-electron chi connectivity index (χ2n) is 5.39. The molecule has 0 nitrogen and oxygen atoms in total. The average Bonchev–Trinajstić information content (AvgIpc) is 2.16. The van der Waals surface area contributed by atoms with Gasteiger partial charge in [-0.25, -0.2) is 0 Å². The fourth-order valence-electron chi connectivity index (χ4n) is 2.69. The van der Waals surface area contributed by atoms with Crippen LogP contribution in [-0.2, 0) is 0 Å². The van der Waals surface area contributed by atoms with E-state index in [1.165, 1.54) is 19.3 Å². The predicted molar refractivity (Wildman–Crippen MR) is 64.3 cm³/mol. The highest BCUT2D eigenvalue weighted by molar-refractivity contribution is 5.11. The molecule has 0 amide bonds. The van der Waals surface area contributed by atoms with E-state index in [1.54, 1.807) is 5.57 Å². The Kier molecular flexibility index (Phi) is 4.22. The minimum Gasteiger partial charge on any atom is -0.0819 e. The molecular weight excluding hydrogens is 168 g/mol. The molecule has 0 radical (unpaired) electrons. The molecule has 0 bridgehead atoms. The summed E-state index contributed by atoms with van der Waals surface area (Å²) in [6, 6.07) is 0. The molecule has 1 aliphatic carbocycles. The molecule has 0 aromatic rings. The van der Waals surface area contributed by atoms with Crippen LogP contribution >= 0.6 is 0 Å². The summed E-state index contributed by atoms with van der Waals surface area (Å²) in [5.41, 5.74) is 1.66. The molecule has 1 rings (SSSR count). The molecule has 0 spiro atoms. The van der Waals surface area contributed by atoms with Gasteiger partial charge in [0, 0.05) is 0 Å². The van der Waals surface area contributed by atoms with Gasteiger partial charge in [-0.1, -0.05) is 45.8 Å². The maximum absolute atomic E-state index is 2.55. The van der Waals surface area contributed by atoms with E-state index in [0.29, 0.717) is 0 Å². The van der Waals surface area contributed by atoms with Crippen molar-refractivity contribution in [3.8, 4) is 0 Å². The van der Waals surface area contributed by atoms with Crippen LogP contribution in [0.5, 0.6) is 0 Å². The smallest absolute Gasteiger partial charge is 0.0180 e. The topological polar surface area (TPSA) is 0 Å². The third-order valence-electron chi connectivity index (χ3n) is 4.06. The second-order valence-corrected chi connectivity index (χ2v) is 5.39. The largest absolute Gasteiger partial charge is 0.0819 e. The van der Waals surface area contributed by atoms with E-state index in [1.807, 2.05) is 0 Å². The zero-order valence-corrected chi connectivity index (χ0v) is 10.5. The molecule has 0 aromatic carbocycles. The zero-order chi connectivity index (χ0) is 10.7. The van der Waals surface area contributed by atoms with Gasteiger partial charge in [-0.05, 0) is 43.4 Å². The van der Waals surface area contributed by atoms with Crippen molar-refractivity contribution in [1.82, 2.24) is 0 Å². The Morgan fingerprint density at radius 3 is 2.36 bits per heavy atom. The summed E-state index contributed by atoms with van der Waals surface area (Å²) in [6.45, 7) is 11.7. The van der Waals surface area contributed by atoms with Gasteiger partial charge in [0.2, 0.25) is 0 Å². The summed E-state index contributed by atoms with van der Waals surface area (Å²) in [5.74, 6) is 3.41. The third-order valence-corrected chi connectivity index (χ3v) is 4.06. The number of rotatable bonds is 3. The third kappa shape index (κ3) is 2.62. The van der Waals surface area contributed by atoms with E-state index in [4.69, 9.17) is 0 Å². The summed E-state index contributed by atoms with van der Waals surface area (Å²) < 4.78 is 0. The molecule has 0 saturated heterocycles. The Hall–Kier alpha value is -0.260. The summed E-state index contributed by atoms with van der Waals surface area (Å²) in [7, 11) is 0.